The summed E-state index contributed by atoms with van der Waals surface area (Å²) in [5.74, 6) is -1.48. The number of fused-ring (bicyclic) bond motifs is 4. The van der Waals surface area contributed by atoms with Crippen molar-refractivity contribution < 1.29 is 33.0 Å². The molecule has 0 N–H and O–H groups in total. The molecule has 3 aromatic heterocycles. The van der Waals surface area contributed by atoms with Crippen LogP contribution in [0.25, 0.3) is 27.8 Å². The second-order valence-corrected chi connectivity index (χ2v) is 17.2. The monoisotopic (exact) mass is 772 g/mol. The summed E-state index contributed by atoms with van der Waals surface area (Å²) >= 11 is 6.88. The summed E-state index contributed by atoms with van der Waals surface area (Å²) in [6.45, 7) is 13.9. The van der Waals surface area contributed by atoms with Crippen LogP contribution in [0.3, 0.4) is 0 Å². The zero-order valence-corrected chi connectivity index (χ0v) is 33.2. The topological polar surface area (TPSA) is 120 Å². The number of aromatic nitrogens is 2. The Morgan fingerprint density at radius 3 is 2.45 bits per heavy atom. The van der Waals surface area contributed by atoms with Crippen LogP contribution in [0.4, 0.5) is 20.6 Å². The number of rotatable bonds is 7. The number of carbonyl (C=O) groups excluding carboxylic acids is 3. The average molecular weight is 773 g/mol. The Hall–Kier alpha value is -4.97. The molecule has 4 aromatic rings. The summed E-state index contributed by atoms with van der Waals surface area (Å²) < 4.78 is 33.8. The third-order valence-corrected chi connectivity index (χ3v) is 11.0. The van der Waals surface area contributed by atoms with Crippen molar-refractivity contribution in [2.24, 2.45) is 11.3 Å². The molecule has 290 valence electrons. The lowest BCUT2D eigenvalue weighted by molar-refractivity contribution is -0.155. The summed E-state index contributed by atoms with van der Waals surface area (Å²) in [7, 11) is 1.54. The number of benzene rings is 1. The number of nitrogens with zero attached hydrogens (tertiary/aromatic N) is 4. The average Bonchev–Trinajstić information content (AvgIpc) is 3.38. The van der Waals surface area contributed by atoms with E-state index in [1.165, 1.54) is 21.4 Å². The summed E-state index contributed by atoms with van der Waals surface area (Å²) in [6.07, 6.45) is 5.07. The Labute approximate surface area is 324 Å². The van der Waals surface area contributed by atoms with Crippen LogP contribution in [0.2, 0.25) is 5.02 Å². The van der Waals surface area contributed by atoms with Crippen LogP contribution in [-0.2, 0) is 25.4 Å². The fraction of sp³-hybridized carbons (Fsp3) is 0.452. The minimum atomic E-state index is -0.777. The van der Waals surface area contributed by atoms with E-state index in [1.54, 1.807) is 59.3 Å². The van der Waals surface area contributed by atoms with E-state index in [1.807, 2.05) is 26.8 Å². The molecule has 1 amide bonds. The fourth-order valence-corrected chi connectivity index (χ4v) is 8.33. The van der Waals surface area contributed by atoms with Gasteiger partial charge in [0.05, 0.1) is 28.7 Å². The van der Waals surface area contributed by atoms with Gasteiger partial charge in [0.1, 0.15) is 22.6 Å². The molecule has 1 saturated carbocycles. The first-order chi connectivity index (χ1) is 25.8. The molecule has 2 aliphatic carbocycles. The van der Waals surface area contributed by atoms with Gasteiger partial charge in [-0.2, -0.15) is 0 Å². The summed E-state index contributed by atoms with van der Waals surface area (Å²) in [4.78, 5) is 60.9. The lowest BCUT2D eigenvalue weighted by Crippen LogP contribution is -2.34. The van der Waals surface area contributed by atoms with E-state index >= 15 is 4.39 Å². The molecule has 13 heteroatoms. The number of anilines is 2. The summed E-state index contributed by atoms with van der Waals surface area (Å²) in [5.41, 5.74) is 3.25. The van der Waals surface area contributed by atoms with Crippen LogP contribution < -0.4 is 15.4 Å². The van der Waals surface area contributed by atoms with Crippen LogP contribution >= 0.6 is 11.6 Å². The molecule has 2 fully saturated rings. The van der Waals surface area contributed by atoms with Gasteiger partial charge in [0.25, 0.3) is 5.56 Å². The lowest BCUT2D eigenvalue weighted by atomic mass is 9.97. The van der Waals surface area contributed by atoms with Gasteiger partial charge in [-0.25, -0.2) is 14.0 Å². The third-order valence-electron chi connectivity index (χ3n) is 10.6. The molecule has 3 aliphatic rings. The highest BCUT2D eigenvalue weighted by atomic mass is 35.5. The normalized spacial score (nSPS) is 18.7. The molecule has 4 heterocycles. The van der Waals surface area contributed by atoms with E-state index in [0.717, 1.165) is 18.5 Å². The first-order valence-corrected chi connectivity index (χ1v) is 19.0. The van der Waals surface area contributed by atoms with Crippen molar-refractivity contribution in [3.05, 3.63) is 80.7 Å². The molecule has 7 rings (SSSR count). The predicted octanol–water partition coefficient (Wildman–Crippen LogP) is 8.22. The van der Waals surface area contributed by atoms with Crippen molar-refractivity contribution in [2.45, 2.75) is 85.4 Å². The minimum Gasteiger partial charge on any atom is -0.462 e. The van der Waals surface area contributed by atoms with Crippen LogP contribution in [-0.4, -0.2) is 65.4 Å². The number of halogens is 2. The van der Waals surface area contributed by atoms with E-state index in [2.05, 4.69) is 4.90 Å². The predicted molar refractivity (Wildman–Crippen MR) is 209 cm³/mol. The maximum absolute atomic E-state index is 16.0. The highest BCUT2D eigenvalue weighted by molar-refractivity contribution is 6.34. The van der Waals surface area contributed by atoms with Gasteiger partial charge in [-0.15, -0.1) is 0 Å². The summed E-state index contributed by atoms with van der Waals surface area (Å²) in [6, 6.07) is 8.07. The van der Waals surface area contributed by atoms with Gasteiger partial charge >= 0.3 is 18.0 Å². The first-order valence-electron chi connectivity index (χ1n) is 18.6. The Kier molecular flexibility index (Phi) is 9.51. The second kappa shape index (κ2) is 13.6. The zero-order valence-electron chi connectivity index (χ0n) is 32.5. The molecule has 1 saturated heterocycles. The van der Waals surface area contributed by atoms with E-state index in [9.17, 15) is 19.2 Å². The number of esters is 2. The molecule has 1 spiro atoms. The highest BCUT2D eigenvalue weighted by Gasteiger charge is 2.58. The van der Waals surface area contributed by atoms with E-state index in [4.69, 9.17) is 30.8 Å². The maximum Gasteiger partial charge on any atom is 0.414 e. The number of pyridine rings is 3. The van der Waals surface area contributed by atoms with Crippen LogP contribution in [0.1, 0.15) is 89.3 Å². The van der Waals surface area contributed by atoms with Crippen LogP contribution in [0, 0.1) is 17.2 Å². The number of ether oxygens (including phenoxy) is 3. The second-order valence-electron chi connectivity index (χ2n) is 16.8. The van der Waals surface area contributed by atoms with Crippen molar-refractivity contribution in [1.82, 2.24) is 9.38 Å². The van der Waals surface area contributed by atoms with Crippen LogP contribution in [0.15, 0.2) is 47.5 Å². The molecule has 0 unspecified atom stereocenters. The lowest BCUT2D eigenvalue weighted by Gasteiger charge is -2.27. The molecular weight excluding hydrogens is 727 g/mol. The SMILES string of the molecule is CCOC(=O)c1ccc2ccc(-c3cnc4c(c3N3CC[C@@]5(C[C@@H]5CC(=O)OC(C)(C)C)C3)-c3c(Cl)c(F)cc(N(C)C(=O)OC(C)(C)C)c3C4)cn2c1=O. The van der Waals surface area contributed by atoms with Crippen molar-refractivity contribution in [2.75, 3.05) is 36.5 Å². The number of amides is 1. The van der Waals surface area contributed by atoms with Gasteiger partial charge in [-0.3, -0.25) is 23.9 Å². The largest absolute Gasteiger partial charge is 0.462 e. The van der Waals surface area contributed by atoms with Gasteiger partial charge in [0.2, 0.25) is 0 Å². The molecule has 0 bridgehead atoms. The van der Waals surface area contributed by atoms with Crippen molar-refractivity contribution in [3.63, 3.8) is 0 Å². The zero-order chi connectivity index (χ0) is 39.8. The van der Waals surface area contributed by atoms with Gasteiger partial charge in [-0.1, -0.05) is 17.7 Å². The van der Waals surface area contributed by atoms with E-state index in [0.29, 0.717) is 64.2 Å². The highest BCUT2D eigenvalue weighted by Crippen LogP contribution is 2.62. The Bertz CT molecular complexity index is 2330. The van der Waals surface area contributed by atoms with Crippen molar-refractivity contribution >= 4 is 46.5 Å². The van der Waals surface area contributed by atoms with Gasteiger partial charge in [-0.05, 0) is 102 Å². The first kappa shape index (κ1) is 38.3. The standard InChI is InChI=1S/C42H46ClFN4O7/c1-9-53-38(51)26-13-12-25-11-10-23(21-48(25)37(26)50)28-20-45-30-17-27-31(46(8)39(52)55-41(5,6)7)18-29(44)35(43)33(27)34(30)36(28)47-15-14-42(22-47)19-24(42)16-32(49)54-40(2,3)4/h10-13,18,20-21,24H,9,14-17,19,22H2,1-8H3/t24-,42+/m0/s1. The third kappa shape index (κ3) is 7.16. The molecule has 1 aliphatic heterocycles. The molecule has 2 atom stereocenters. The Morgan fingerprint density at radius 2 is 1.76 bits per heavy atom. The van der Waals surface area contributed by atoms with E-state index in [-0.39, 0.29) is 40.9 Å². The minimum absolute atomic E-state index is 0.0899. The molecular formula is C42H46ClFN4O7. The number of carbonyl (C=O) groups is 3. The molecule has 55 heavy (non-hydrogen) atoms. The smallest absolute Gasteiger partial charge is 0.414 e. The Balaban J connectivity index is 1.37. The van der Waals surface area contributed by atoms with Gasteiger partial charge in [0, 0.05) is 73.1 Å². The van der Waals surface area contributed by atoms with Crippen molar-refractivity contribution in [1.29, 1.82) is 0 Å². The maximum atomic E-state index is 16.0. The van der Waals surface area contributed by atoms with Crippen molar-refractivity contribution in [3.8, 4) is 22.3 Å². The van der Waals surface area contributed by atoms with Crippen LogP contribution in [0.5, 0.6) is 0 Å². The Morgan fingerprint density at radius 1 is 1.05 bits per heavy atom. The molecule has 1 aromatic carbocycles. The fourth-order valence-electron chi connectivity index (χ4n) is 8.07. The quantitative estimate of drug-likeness (QED) is 0.119. The molecule has 11 nitrogen and oxygen atoms in total. The van der Waals surface area contributed by atoms with Gasteiger partial charge in [0.15, 0.2) is 0 Å². The molecule has 0 radical (unpaired) electrons. The van der Waals surface area contributed by atoms with E-state index < -0.39 is 34.6 Å². The number of hydrogen-bond donors (Lipinski definition) is 0. The summed E-state index contributed by atoms with van der Waals surface area (Å²) in [5, 5.41) is -0.0905. The number of hydrogen-bond acceptors (Lipinski definition) is 9. The van der Waals surface area contributed by atoms with Gasteiger partial charge < -0.3 is 19.1 Å².